The van der Waals surface area contributed by atoms with Crippen molar-refractivity contribution < 1.29 is 19.4 Å². The zero-order valence-electron chi connectivity index (χ0n) is 7.87. The highest BCUT2D eigenvalue weighted by Gasteiger charge is 2.17. The fourth-order valence-electron chi connectivity index (χ4n) is 0.916. The molecule has 0 amide bonds. The van der Waals surface area contributed by atoms with Crippen LogP contribution in [-0.4, -0.2) is 24.2 Å². The minimum Gasteiger partial charge on any atom is -0.481 e. The van der Waals surface area contributed by atoms with E-state index in [0.29, 0.717) is 5.57 Å². The molecule has 0 aliphatic heterocycles. The lowest BCUT2D eigenvalue weighted by Crippen LogP contribution is -2.14. The molecule has 0 spiro atoms. The summed E-state index contributed by atoms with van der Waals surface area (Å²) in [5, 5.41) is 8.53. The predicted octanol–water partition coefficient (Wildman–Crippen LogP) is 1.22. The fraction of sp³-hybridized carbons (Fsp3) is 0.556. The van der Waals surface area contributed by atoms with E-state index >= 15 is 0 Å². The van der Waals surface area contributed by atoms with Gasteiger partial charge in [0.1, 0.15) is 0 Å². The third-order valence-electron chi connectivity index (χ3n) is 1.76. The Bertz CT molecular complexity index is 220. The van der Waals surface area contributed by atoms with Crippen molar-refractivity contribution in [3.05, 3.63) is 12.2 Å². The summed E-state index contributed by atoms with van der Waals surface area (Å²) in [4.78, 5) is 21.2. The number of hydrogen-bond donors (Lipinski definition) is 1. The molecule has 0 bridgehead atoms. The van der Waals surface area contributed by atoms with Gasteiger partial charge in [-0.3, -0.25) is 9.59 Å². The van der Waals surface area contributed by atoms with Gasteiger partial charge in [-0.1, -0.05) is 12.2 Å². The molecule has 0 aliphatic rings. The van der Waals surface area contributed by atoms with Crippen molar-refractivity contribution in [1.82, 2.24) is 0 Å². The zero-order chi connectivity index (χ0) is 10.4. The topological polar surface area (TPSA) is 63.6 Å². The number of carboxylic acids is 1. The number of methoxy groups -OCH3 is 1. The van der Waals surface area contributed by atoms with Crippen LogP contribution in [0.3, 0.4) is 0 Å². The van der Waals surface area contributed by atoms with Crippen molar-refractivity contribution in [3.8, 4) is 0 Å². The second-order valence-electron chi connectivity index (χ2n) is 2.92. The van der Waals surface area contributed by atoms with E-state index in [0.717, 1.165) is 0 Å². The SMILES string of the molecule is C=C(C)C(CC(=O)O)CC(=O)OC. The van der Waals surface area contributed by atoms with Crippen LogP contribution in [0.4, 0.5) is 0 Å². The normalized spacial score (nSPS) is 11.8. The maximum absolute atomic E-state index is 10.9. The average molecular weight is 186 g/mol. The van der Waals surface area contributed by atoms with Gasteiger partial charge in [0, 0.05) is 5.92 Å². The molecule has 4 nitrogen and oxygen atoms in total. The van der Waals surface area contributed by atoms with E-state index in [1.165, 1.54) is 7.11 Å². The van der Waals surface area contributed by atoms with Gasteiger partial charge in [0.25, 0.3) is 0 Å². The number of carboxylic acid groups (broad SMARTS) is 1. The second-order valence-corrected chi connectivity index (χ2v) is 2.92. The van der Waals surface area contributed by atoms with Gasteiger partial charge in [-0.15, -0.1) is 0 Å². The molecule has 1 N–H and O–H groups in total. The van der Waals surface area contributed by atoms with Crippen molar-refractivity contribution in [1.29, 1.82) is 0 Å². The first-order valence-electron chi connectivity index (χ1n) is 3.91. The molecule has 4 heteroatoms. The van der Waals surface area contributed by atoms with Gasteiger partial charge < -0.3 is 9.84 Å². The Labute approximate surface area is 77.2 Å². The van der Waals surface area contributed by atoms with Gasteiger partial charge in [-0.25, -0.2) is 0 Å². The van der Waals surface area contributed by atoms with Crippen molar-refractivity contribution in [2.45, 2.75) is 19.8 Å². The summed E-state index contributed by atoms with van der Waals surface area (Å²) in [5.41, 5.74) is 0.688. The molecule has 0 aliphatic carbocycles. The predicted molar refractivity (Wildman–Crippen MR) is 47.2 cm³/mol. The van der Waals surface area contributed by atoms with Gasteiger partial charge in [0.05, 0.1) is 20.0 Å². The number of rotatable bonds is 5. The standard InChI is InChI=1S/C9H14O4/c1-6(2)7(4-8(10)11)5-9(12)13-3/h7H,1,4-5H2,2-3H3,(H,10,11). The molecule has 74 valence electrons. The van der Waals surface area contributed by atoms with Gasteiger partial charge in [0.15, 0.2) is 0 Å². The van der Waals surface area contributed by atoms with Gasteiger partial charge >= 0.3 is 11.9 Å². The highest BCUT2D eigenvalue weighted by molar-refractivity contribution is 5.72. The molecule has 1 unspecified atom stereocenters. The maximum Gasteiger partial charge on any atom is 0.306 e. The molecule has 0 heterocycles. The minimum atomic E-state index is -0.933. The van der Waals surface area contributed by atoms with E-state index in [1.807, 2.05) is 0 Å². The van der Waals surface area contributed by atoms with E-state index in [-0.39, 0.29) is 18.8 Å². The third-order valence-corrected chi connectivity index (χ3v) is 1.76. The number of allylic oxidation sites excluding steroid dienone is 1. The van der Waals surface area contributed by atoms with Crippen LogP contribution in [0.1, 0.15) is 19.8 Å². The molecule has 0 aromatic carbocycles. The van der Waals surface area contributed by atoms with E-state index in [4.69, 9.17) is 5.11 Å². The Morgan fingerprint density at radius 2 is 2.00 bits per heavy atom. The largest absolute Gasteiger partial charge is 0.481 e. The lowest BCUT2D eigenvalue weighted by molar-refractivity contribution is -0.142. The number of ether oxygens (including phenoxy) is 1. The Balaban J connectivity index is 4.18. The summed E-state index contributed by atoms with van der Waals surface area (Å²) in [6, 6.07) is 0. The van der Waals surface area contributed by atoms with Crippen molar-refractivity contribution in [2.24, 2.45) is 5.92 Å². The van der Waals surface area contributed by atoms with Crippen molar-refractivity contribution >= 4 is 11.9 Å². The van der Waals surface area contributed by atoms with Crippen molar-refractivity contribution in [2.75, 3.05) is 7.11 Å². The highest BCUT2D eigenvalue weighted by atomic mass is 16.5. The fourth-order valence-corrected chi connectivity index (χ4v) is 0.916. The summed E-state index contributed by atoms with van der Waals surface area (Å²) in [5.74, 6) is -1.67. The van der Waals surface area contributed by atoms with Crippen LogP contribution < -0.4 is 0 Å². The Hall–Kier alpha value is -1.32. The molecular weight excluding hydrogens is 172 g/mol. The van der Waals surface area contributed by atoms with Crippen LogP contribution in [0.25, 0.3) is 0 Å². The molecule has 0 saturated heterocycles. The van der Waals surface area contributed by atoms with E-state index < -0.39 is 11.9 Å². The number of esters is 1. The smallest absolute Gasteiger partial charge is 0.306 e. The number of hydrogen-bond acceptors (Lipinski definition) is 3. The first-order chi connectivity index (χ1) is 5.97. The molecule has 0 saturated carbocycles. The van der Waals surface area contributed by atoms with E-state index in [2.05, 4.69) is 11.3 Å². The number of carbonyl (C=O) groups is 2. The Kier molecular flexibility index (Phi) is 4.80. The lowest BCUT2D eigenvalue weighted by Gasteiger charge is -2.12. The van der Waals surface area contributed by atoms with Crippen molar-refractivity contribution in [3.63, 3.8) is 0 Å². The quantitative estimate of drug-likeness (QED) is 0.518. The third kappa shape index (κ3) is 5.00. The maximum atomic E-state index is 10.9. The molecule has 0 fully saturated rings. The molecule has 13 heavy (non-hydrogen) atoms. The molecule has 0 aromatic rings. The zero-order valence-corrected chi connectivity index (χ0v) is 7.87. The minimum absolute atomic E-state index is 0.0789. The summed E-state index contributed by atoms with van der Waals surface area (Å²) in [6.07, 6.45) is 0.00255. The van der Waals surface area contributed by atoms with Crippen LogP contribution >= 0.6 is 0 Å². The molecule has 0 radical (unpaired) electrons. The summed E-state index contributed by atoms with van der Waals surface area (Å²) < 4.78 is 4.44. The van der Waals surface area contributed by atoms with Crippen LogP contribution in [0.2, 0.25) is 0 Å². The van der Waals surface area contributed by atoms with Crippen LogP contribution in [0.5, 0.6) is 0 Å². The van der Waals surface area contributed by atoms with Gasteiger partial charge in [-0.2, -0.15) is 0 Å². The second kappa shape index (κ2) is 5.35. The molecule has 1 atom stereocenters. The number of carbonyl (C=O) groups excluding carboxylic acids is 1. The van der Waals surface area contributed by atoms with Crippen LogP contribution in [0, 0.1) is 5.92 Å². The summed E-state index contributed by atoms with van der Waals surface area (Å²) >= 11 is 0. The van der Waals surface area contributed by atoms with Gasteiger partial charge in [-0.05, 0) is 6.92 Å². The van der Waals surface area contributed by atoms with Gasteiger partial charge in [0.2, 0.25) is 0 Å². The average Bonchev–Trinajstić information content (AvgIpc) is 2.02. The number of aliphatic carboxylic acids is 1. The van der Waals surface area contributed by atoms with E-state index in [1.54, 1.807) is 6.92 Å². The Morgan fingerprint density at radius 3 is 2.31 bits per heavy atom. The Morgan fingerprint density at radius 1 is 1.46 bits per heavy atom. The monoisotopic (exact) mass is 186 g/mol. The lowest BCUT2D eigenvalue weighted by atomic mass is 9.95. The molecule has 0 rings (SSSR count). The first-order valence-corrected chi connectivity index (χ1v) is 3.91. The summed E-state index contributed by atoms with van der Waals surface area (Å²) in [6.45, 7) is 5.33. The van der Waals surface area contributed by atoms with E-state index in [9.17, 15) is 9.59 Å². The van der Waals surface area contributed by atoms with Crippen LogP contribution in [0.15, 0.2) is 12.2 Å². The van der Waals surface area contributed by atoms with Crippen LogP contribution in [-0.2, 0) is 14.3 Å². The first kappa shape index (κ1) is 11.7. The molecular formula is C9H14O4. The highest BCUT2D eigenvalue weighted by Crippen LogP contribution is 2.17. The summed E-state index contributed by atoms with van der Waals surface area (Å²) in [7, 11) is 1.28. The molecule has 0 aromatic heterocycles.